The molecule has 0 atom stereocenters. The van der Waals surface area contributed by atoms with Crippen LogP contribution in [0, 0.1) is 6.92 Å². The first kappa shape index (κ1) is 7.79. The molecule has 0 saturated carbocycles. The Morgan fingerprint density at radius 2 is 1.92 bits per heavy atom. The van der Waals surface area contributed by atoms with Crippen molar-refractivity contribution in [2.75, 3.05) is 0 Å². The van der Waals surface area contributed by atoms with Crippen molar-refractivity contribution in [1.29, 1.82) is 0 Å². The van der Waals surface area contributed by atoms with Gasteiger partial charge in [-0.05, 0) is 19.1 Å². The van der Waals surface area contributed by atoms with E-state index in [4.69, 9.17) is 0 Å². The maximum atomic E-state index is 4.14. The van der Waals surface area contributed by atoms with Gasteiger partial charge in [0.25, 0.3) is 0 Å². The van der Waals surface area contributed by atoms with Gasteiger partial charge >= 0.3 is 5.95 Å². The predicted octanol–water partition coefficient (Wildman–Crippen LogP) is 0.457. The van der Waals surface area contributed by atoms with Crippen molar-refractivity contribution in [1.82, 2.24) is 15.0 Å². The van der Waals surface area contributed by atoms with Gasteiger partial charge in [-0.1, -0.05) is 0 Å². The van der Waals surface area contributed by atoms with E-state index in [1.807, 2.05) is 19.2 Å². The van der Waals surface area contributed by atoms with E-state index in [1.165, 1.54) is 0 Å². The summed E-state index contributed by atoms with van der Waals surface area (Å²) in [5.74, 6) is 0.634. The highest BCUT2D eigenvalue weighted by Gasteiger charge is 2.04. The van der Waals surface area contributed by atoms with E-state index in [2.05, 4.69) is 15.0 Å². The van der Waals surface area contributed by atoms with Gasteiger partial charge < -0.3 is 0 Å². The second-order valence-corrected chi connectivity index (χ2v) is 2.66. The number of aromatic nitrogens is 4. The lowest BCUT2D eigenvalue weighted by Gasteiger charge is -1.93. The minimum atomic E-state index is 0.634. The van der Waals surface area contributed by atoms with E-state index in [9.17, 15) is 0 Å². The van der Waals surface area contributed by atoms with Crippen molar-refractivity contribution in [2.45, 2.75) is 6.92 Å². The van der Waals surface area contributed by atoms with Crippen molar-refractivity contribution < 1.29 is 4.57 Å². The number of nitrogens with zero attached hydrogens (tertiary/aromatic N) is 4. The molecule has 0 unspecified atom stereocenters. The van der Waals surface area contributed by atoms with Gasteiger partial charge in [-0.2, -0.15) is 4.57 Å². The minimum absolute atomic E-state index is 0.634. The fraction of sp³-hybridized carbons (Fsp3) is 0.111. The monoisotopic (exact) mass is 173 g/mol. The molecule has 4 nitrogen and oxygen atoms in total. The fourth-order valence-electron chi connectivity index (χ4n) is 0.966. The van der Waals surface area contributed by atoms with E-state index in [0.717, 1.165) is 5.69 Å². The number of aryl methyl sites for hydroxylation is 1. The van der Waals surface area contributed by atoms with Crippen molar-refractivity contribution in [3.63, 3.8) is 0 Å². The molecule has 0 aromatic carbocycles. The summed E-state index contributed by atoms with van der Waals surface area (Å²) < 4.78 is 1.77. The molecule has 2 rings (SSSR count). The third-order valence-corrected chi connectivity index (χ3v) is 1.65. The van der Waals surface area contributed by atoms with Crippen molar-refractivity contribution in [3.8, 4) is 5.95 Å². The summed E-state index contributed by atoms with van der Waals surface area (Å²) in [6, 6.07) is 3.70. The molecular formula is C9H9N4+. The van der Waals surface area contributed by atoms with Gasteiger partial charge in [-0.3, -0.25) is 0 Å². The van der Waals surface area contributed by atoms with Gasteiger partial charge in [0, 0.05) is 0 Å². The molecule has 0 N–H and O–H groups in total. The zero-order valence-corrected chi connectivity index (χ0v) is 7.25. The minimum Gasteiger partial charge on any atom is -0.200 e. The van der Waals surface area contributed by atoms with Gasteiger partial charge in [-0.25, -0.2) is 0 Å². The highest BCUT2D eigenvalue weighted by molar-refractivity contribution is 4.96. The average molecular weight is 173 g/mol. The molecule has 0 fully saturated rings. The predicted molar refractivity (Wildman–Crippen MR) is 46.1 cm³/mol. The summed E-state index contributed by atoms with van der Waals surface area (Å²) in [6.45, 7) is 1.94. The molecule has 2 aromatic heterocycles. The Kier molecular flexibility index (Phi) is 1.96. The van der Waals surface area contributed by atoms with E-state index in [-0.39, 0.29) is 0 Å². The van der Waals surface area contributed by atoms with Crippen LogP contribution in [0.1, 0.15) is 5.69 Å². The van der Waals surface area contributed by atoms with Crippen molar-refractivity contribution in [2.24, 2.45) is 0 Å². The van der Waals surface area contributed by atoms with Gasteiger partial charge in [-0.15, -0.1) is 15.0 Å². The highest BCUT2D eigenvalue weighted by atomic mass is 15.1. The van der Waals surface area contributed by atoms with Crippen molar-refractivity contribution in [3.05, 3.63) is 42.7 Å². The molecule has 0 spiro atoms. The largest absolute Gasteiger partial charge is 0.388 e. The molecule has 0 amide bonds. The molecule has 2 aromatic rings. The van der Waals surface area contributed by atoms with Crippen LogP contribution in [0.5, 0.6) is 0 Å². The maximum Gasteiger partial charge on any atom is 0.388 e. The van der Waals surface area contributed by atoms with Gasteiger partial charge in [0.1, 0.15) is 0 Å². The van der Waals surface area contributed by atoms with Gasteiger partial charge in [0.15, 0.2) is 6.33 Å². The van der Waals surface area contributed by atoms with E-state index < -0.39 is 0 Å². The van der Waals surface area contributed by atoms with Crippen LogP contribution < -0.4 is 4.57 Å². The summed E-state index contributed by atoms with van der Waals surface area (Å²) in [5, 5.41) is 0. The molecule has 4 heteroatoms. The van der Waals surface area contributed by atoms with E-state index in [0.29, 0.717) is 5.95 Å². The molecule has 0 aliphatic heterocycles. The molecule has 13 heavy (non-hydrogen) atoms. The quantitative estimate of drug-likeness (QED) is 0.588. The van der Waals surface area contributed by atoms with Crippen LogP contribution in [0.3, 0.4) is 0 Å². The number of hydrogen-bond acceptors (Lipinski definition) is 3. The molecule has 0 aliphatic carbocycles. The Balaban J connectivity index is 2.42. The fourth-order valence-corrected chi connectivity index (χ4v) is 0.966. The average Bonchev–Trinajstić information content (AvgIpc) is 2.20. The van der Waals surface area contributed by atoms with Crippen LogP contribution in [0.15, 0.2) is 37.1 Å². The summed E-state index contributed by atoms with van der Waals surface area (Å²) in [7, 11) is 0. The summed E-state index contributed by atoms with van der Waals surface area (Å²) >= 11 is 0. The van der Waals surface area contributed by atoms with Crippen LogP contribution in [-0.2, 0) is 0 Å². The normalized spacial score (nSPS) is 9.92. The van der Waals surface area contributed by atoms with Gasteiger partial charge in [0.05, 0.1) is 24.3 Å². The molecule has 0 saturated heterocycles. The van der Waals surface area contributed by atoms with Crippen LogP contribution >= 0.6 is 0 Å². The van der Waals surface area contributed by atoms with Crippen LogP contribution in [0.2, 0.25) is 0 Å². The Hall–Kier alpha value is -1.84. The summed E-state index contributed by atoms with van der Waals surface area (Å²) in [5.41, 5.74) is 0.979. The third kappa shape index (κ3) is 1.66. The Morgan fingerprint density at radius 3 is 2.54 bits per heavy atom. The second-order valence-electron chi connectivity index (χ2n) is 2.66. The number of hydrogen-bond donors (Lipinski definition) is 0. The zero-order chi connectivity index (χ0) is 9.10. The van der Waals surface area contributed by atoms with Crippen LogP contribution in [0.25, 0.3) is 5.95 Å². The lowest BCUT2D eigenvalue weighted by atomic mass is 10.5. The molecule has 0 bridgehead atoms. The van der Waals surface area contributed by atoms with Gasteiger partial charge in [0.2, 0.25) is 0 Å². The molecule has 2 heterocycles. The highest BCUT2D eigenvalue weighted by Crippen LogP contribution is 1.88. The van der Waals surface area contributed by atoms with E-state index in [1.54, 1.807) is 29.4 Å². The molecule has 64 valence electrons. The maximum absolute atomic E-state index is 4.14. The summed E-state index contributed by atoms with van der Waals surface area (Å²) in [6.07, 6.45) is 6.99. The summed E-state index contributed by atoms with van der Waals surface area (Å²) in [4.78, 5) is 12.3. The molecule has 0 aliphatic rings. The zero-order valence-electron chi connectivity index (χ0n) is 7.25. The molecule has 0 radical (unpaired) electrons. The standard InChI is InChI=1S/C9H9N4/c1-8-3-6-13(7-12-8)9-10-4-2-5-11-9/h2-7H,1H3/q+1. The smallest absolute Gasteiger partial charge is 0.200 e. The van der Waals surface area contributed by atoms with E-state index >= 15 is 0 Å². The lowest BCUT2D eigenvalue weighted by molar-refractivity contribution is -0.607. The first-order valence-corrected chi connectivity index (χ1v) is 3.97. The number of rotatable bonds is 1. The van der Waals surface area contributed by atoms with Crippen molar-refractivity contribution >= 4 is 0 Å². The third-order valence-electron chi connectivity index (χ3n) is 1.65. The molecular weight excluding hydrogens is 164 g/mol. The van der Waals surface area contributed by atoms with Crippen LogP contribution in [0.4, 0.5) is 0 Å². The Labute approximate surface area is 75.9 Å². The second kappa shape index (κ2) is 3.26. The topological polar surface area (TPSA) is 42.5 Å². The lowest BCUT2D eigenvalue weighted by Crippen LogP contribution is -2.32. The Morgan fingerprint density at radius 1 is 1.15 bits per heavy atom. The first-order chi connectivity index (χ1) is 6.36. The SMILES string of the molecule is Cc1cc[n+](-c2ncccn2)cn1. The van der Waals surface area contributed by atoms with Crippen LogP contribution in [-0.4, -0.2) is 15.0 Å². The first-order valence-electron chi connectivity index (χ1n) is 3.97. The Bertz CT molecular complexity index is 382.